The summed E-state index contributed by atoms with van der Waals surface area (Å²) in [5, 5.41) is 1.88. The number of hydrogen-bond acceptors (Lipinski definition) is 3. The van der Waals surface area contributed by atoms with Crippen LogP contribution in [0.1, 0.15) is 24.0 Å². The van der Waals surface area contributed by atoms with Gasteiger partial charge in [0.1, 0.15) is 5.82 Å². The van der Waals surface area contributed by atoms with Crippen LogP contribution in [-0.4, -0.2) is 24.6 Å². The lowest BCUT2D eigenvalue weighted by Gasteiger charge is -2.21. The topological polar surface area (TPSA) is 42.1 Å². The first kappa shape index (κ1) is 13.7. The Morgan fingerprint density at radius 3 is 2.70 bits per heavy atom. The first-order valence-corrected chi connectivity index (χ1v) is 7.61. The first-order valence-electron chi connectivity index (χ1n) is 7.24. The fraction of sp³-hybridized carbons (Fsp3) is 0.438. The smallest absolute Gasteiger partial charge is 0.132 e. The third-order valence-corrected chi connectivity index (χ3v) is 4.17. The molecule has 1 saturated heterocycles. The standard InChI is InChI=1S/C16H20ClN3/c1-11-8-14(17)10-13-9-12(4-5-18)16(19-15(11)13)20-6-2-3-7-20/h8-10H,2-7,18H2,1H3. The number of aryl methyl sites for hydroxylation is 1. The van der Waals surface area contributed by atoms with E-state index in [1.807, 2.05) is 12.1 Å². The van der Waals surface area contributed by atoms with Gasteiger partial charge in [0.15, 0.2) is 0 Å². The number of hydrogen-bond donors (Lipinski definition) is 1. The SMILES string of the molecule is Cc1cc(Cl)cc2cc(CCN)c(N3CCCC3)nc12. The van der Waals surface area contributed by atoms with Crippen LogP contribution in [0.2, 0.25) is 5.02 Å². The van der Waals surface area contributed by atoms with Gasteiger partial charge >= 0.3 is 0 Å². The van der Waals surface area contributed by atoms with Gasteiger partial charge in [-0.3, -0.25) is 0 Å². The summed E-state index contributed by atoms with van der Waals surface area (Å²) in [5.74, 6) is 1.12. The number of rotatable bonds is 3. The van der Waals surface area contributed by atoms with Crippen LogP contribution in [0.3, 0.4) is 0 Å². The lowest BCUT2D eigenvalue weighted by molar-refractivity contribution is 0.897. The molecule has 1 aliphatic rings. The summed E-state index contributed by atoms with van der Waals surface area (Å²) in [7, 11) is 0. The lowest BCUT2D eigenvalue weighted by Crippen LogP contribution is -2.21. The minimum atomic E-state index is 0.646. The molecule has 0 bridgehead atoms. The predicted molar refractivity (Wildman–Crippen MR) is 85.7 cm³/mol. The van der Waals surface area contributed by atoms with E-state index >= 15 is 0 Å². The van der Waals surface area contributed by atoms with E-state index in [-0.39, 0.29) is 0 Å². The normalized spacial score (nSPS) is 15.2. The second-order valence-corrected chi connectivity index (χ2v) is 5.93. The van der Waals surface area contributed by atoms with Crippen molar-refractivity contribution in [3.63, 3.8) is 0 Å². The van der Waals surface area contributed by atoms with Gasteiger partial charge in [0.05, 0.1) is 5.52 Å². The molecule has 0 spiro atoms. The largest absolute Gasteiger partial charge is 0.356 e. The molecule has 3 nitrogen and oxygen atoms in total. The van der Waals surface area contributed by atoms with E-state index in [1.54, 1.807) is 0 Å². The summed E-state index contributed by atoms with van der Waals surface area (Å²) in [4.78, 5) is 7.32. The molecule has 0 atom stereocenters. The summed E-state index contributed by atoms with van der Waals surface area (Å²) in [6.45, 7) is 4.91. The number of anilines is 1. The van der Waals surface area contributed by atoms with Crippen molar-refractivity contribution in [3.8, 4) is 0 Å². The molecule has 1 fully saturated rings. The number of benzene rings is 1. The molecule has 1 aliphatic heterocycles. The molecule has 0 saturated carbocycles. The Morgan fingerprint density at radius 1 is 1.25 bits per heavy atom. The maximum Gasteiger partial charge on any atom is 0.132 e. The van der Waals surface area contributed by atoms with E-state index in [9.17, 15) is 0 Å². The van der Waals surface area contributed by atoms with Gasteiger partial charge in [-0.15, -0.1) is 0 Å². The van der Waals surface area contributed by atoms with Gasteiger partial charge in [0, 0.05) is 23.5 Å². The van der Waals surface area contributed by atoms with Crippen LogP contribution in [0.5, 0.6) is 0 Å². The van der Waals surface area contributed by atoms with Crippen molar-refractivity contribution < 1.29 is 0 Å². The molecule has 20 heavy (non-hydrogen) atoms. The number of aromatic nitrogens is 1. The minimum Gasteiger partial charge on any atom is -0.356 e. The fourth-order valence-corrected chi connectivity index (χ4v) is 3.28. The van der Waals surface area contributed by atoms with Crippen LogP contribution < -0.4 is 10.6 Å². The number of halogens is 1. The van der Waals surface area contributed by atoms with Gasteiger partial charge in [0.25, 0.3) is 0 Å². The molecule has 0 radical (unpaired) electrons. The van der Waals surface area contributed by atoms with Gasteiger partial charge in [-0.1, -0.05) is 11.6 Å². The molecule has 1 aromatic carbocycles. The Kier molecular flexibility index (Phi) is 3.81. The van der Waals surface area contributed by atoms with Gasteiger partial charge < -0.3 is 10.6 Å². The quantitative estimate of drug-likeness (QED) is 0.943. The monoisotopic (exact) mass is 289 g/mol. The molecule has 1 aromatic heterocycles. The Hall–Kier alpha value is -1.32. The van der Waals surface area contributed by atoms with Crippen molar-refractivity contribution in [2.75, 3.05) is 24.5 Å². The van der Waals surface area contributed by atoms with E-state index in [1.165, 1.54) is 18.4 Å². The fourth-order valence-electron chi connectivity index (χ4n) is 3.00. The zero-order valence-electron chi connectivity index (χ0n) is 11.8. The zero-order chi connectivity index (χ0) is 14.1. The number of pyridine rings is 1. The van der Waals surface area contributed by atoms with Crippen LogP contribution in [0.4, 0.5) is 5.82 Å². The van der Waals surface area contributed by atoms with Gasteiger partial charge in [-0.2, -0.15) is 0 Å². The summed E-state index contributed by atoms with van der Waals surface area (Å²) in [6, 6.07) is 6.18. The van der Waals surface area contributed by atoms with Crippen molar-refractivity contribution in [1.29, 1.82) is 0 Å². The Balaban J connectivity index is 2.18. The van der Waals surface area contributed by atoms with Crippen LogP contribution >= 0.6 is 11.6 Å². The van der Waals surface area contributed by atoms with Crippen LogP contribution in [-0.2, 0) is 6.42 Å². The summed E-state index contributed by atoms with van der Waals surface area (Å²) >= 11 is 6.16. The number of nitrogens with zero attached hydrogens (tertiary/aromatic N) is 2. The third-order valence-electron chi connectivity index (χ3n) is 3.95. The van der Waals surface area contributed by atoms with Crippen molar-refractivity contribution in [2.45, 2.75) is 26.2 Å². The highest BCUT2D eigenvalue weighted by molar-refractivity contribution is 6.31. The van der Waals surface area contributed by atoms with Gasteiger partial charge in [0.2, 0.25) is 0 Å². The van der Waals surface area contributed by atoms with E-state index < -0.39 is 0 Å². The van der Waals surface area contributed by atoms with Gasteiger partial charge in [-0.25, -0.2) is 4.98 Å². The second-order valence-electron chi connectivity index (χ2n) is 5.50. The van der Waals surface area contributed by atoms with Crippen molar-refractivity contribution in [2.24, 2.45) is 5.73 Å². The highest BCUT2D eigenvalue weighted by Gasteiger charge is 2.18. The average Bonchev–Trinajstić information content (AvgIpc) is 2.92. The maximum atomic E-state index is 6.16. The molecule has 106 valence electrons. The van der Waals surface area contributed by atoms with Crippen LogP contribution in [0, 0.1) is 6.92 Å². The molecular weight excluding hydrogens is 270 g/mol. The molecule has 0 aliphatic carbocycles. The Labute approximate surface area is 124 Å². The van der Waals surface area contributed by atoms with E-state index in [2.05, 4.69) is 17.9 Å². The second kappa shape index (κ2) is 5.58. The summed E-state index contributed by atoms with van der Waals surface area (Å²) in [6.07, 6.45) is 3.36. The predicted octanol–water partition coefficient (Wildman–Crippen LogP) is 3.30. The minimum absolute atomic E-state index is 0.646. The Bertz CT molecular complexity index is 633. The molecular formula is C16H20ClN3. The molecule has 0 amide bonds. The van der Waals surface area contributed by atoms with E-state index in [0.717, 1.165) is 46.8 Å². The molecule has 2 heterocycles. The molecule has 3 rings (SSSR count). The van der Waals surface area contributed by atoms with Crippen LogP contribution in [0.15, 0.2) is 18.2 Å². The molecule has 4 heteroatoms. The third kappa shape index (κ3) is 2.48. The summed E-state index contributed by atoms with van der Waals surface area (Å²) in [5.41, 5.74) is 9.18. The van der Waals surface area contributed by atoms with E-state index in [4.69, 9.17) is 22.3 Å². The first-order chi connectivity index (χ1) is 9.69. The van der Waals surface area contributed by atoms with Gasteiger partial charge in [-0.05, 0) is 62.1 Å². The Morgan fingerprint density at radius 2 is 2.00 bits per heavy atom. The molecule has 2 aromatic rings. The van der Waals surface area contributed by atoms with Crippen LogP contribution in [0.25, 0.3) is 10.9 Å². The molecule has 2 N–H and O–H groups in total. The lowest BCUT2D eigenvalue weighted by atomic mass is 10.1. The van der Waals surface area contributed by atoms with Crippen molar-refractivity contribution in [3.05, 3.63) is 34.3 Å². The van der Waals surface area contributed by atoms with Crippen molar-refractivity contribution >= 4 is 28.3 Å². The summed E-state index contributed by atoms with van der Waals surface area (Å²) < 4.78 is 0. The van der Waals surface area contributed by atoms with E-state index in [0.29, 0.717) is 6.54 Å². The highest BCUT2D eigenvalue weighted by atomic mass is 35.5. The highest BCUT2D eigenvalue weighted by Crippen LogP contribution is 2.30. The number of fused-ring (bicyclic) bond motifs is 1. The number of nitrogens with two attached hydrogens (primary N) is 1. The molecule has 0 unspecified atom stereocenters. The average molecular weight is 290 g/mol. The maximum absolute atomic E-state index is 6.16. The zero-order valence-corrected chi connectivity index (χ0v) is 12.6. The van der Waals surface area contributed by atoms with Crippen molar-refractivity contribution in [1.82, 2.24) is 4.98 Å².